The number of hydrogen-bond donors (Lipinski definition) is 1. The van der Waals surface area contributed by atoms with Gasteiger partial charge in [-0.15, -0.1) is 0 Å². The highest BCUT2D eigenvalue weighted by Gasteiger charge is 2.04. The van der Waals surface area contributed by atoms with E-state index >= 15 is 0 Å². The molecule has 0 atom stereocenters. The Bertz CT molecular complexity index is 291. The van der Waals surface area contributed by atoms with Gasteiger partial charge in [0.15, 0.2) is 0 Å². The number of nitrogens with zero attached hydrogens (tertiary/aromatic N) is 2. The van der Waals surface area contributed by atoms with E-state index in [9.17, 15) is 0 Å². The lowest BCUT2D eigenvalue weighted by atomic mass is 10.2. The van der Waals surface area contributed by atoms with Crippen LogP contribution in [0, 0.1) is 0 Å². The molecule has 0 amide bonds. The van der Waals surface area contributed by atoms with Gasteiger partial charge in [0.2, 0.25) is 0 Å². The van der Waals surface area contributed by atoms with Crippen molar-refractivity contribution in [1.29, 1.82) is 0 Å². The second-order valence-electron chi connectivity index (χ2n) is 4.37. The molecule has 3 heteroatoms. The van der Waals surface area contributed by atoms with E-state index in [0.29, 0.717) is 0 Å². The van der Waals surface area contributed by atoms with Gasteiger partial charge in [0.25, 0.3) is 0 Å². The fourth-order valence-corrected chi connectivity index (χ4v) is 1.93. The molecule has 0 aliphatic rings. The van der Waals surface area contributed by atoms with E-state index in [0.717, 1.165) is 19.5 Å². The van der Waals surface area contributed by atoms with Crippen molar-refractivity contribution in [3.8, 4) is 0 Å². The van der Waals surface area contributed by atoms with Crippen molar-refractivity contribution >= 4 is 0 Å². The zero-order valence-corrected chi connectivity index (χ0v) is 10.9. The van der Waals surface area contributed by atoms with Crippen LogP contribution in [0.2, 0.25) is 0 Å². The molecular weight excluding hydrogens is 198 g/mol. The highest BCUT2D eigenvalue weighted by Crippen LogP contribution is 2.06. The van der Waals surface area contributed by atoms with Crippen LogP contribution in [0.3, 0.4) is 0 Å². The predicted octanol–water partition coefficient (Wildman–Crippen LogP) is 2.65. The van der Waals surface area contributed by atoms with Gasteiger partial charge in [-0.05, 0) is 19.4 Å². The number of hydrogen-bond acceptors (Lipinski definition) is 2. The second-order valence-corrected chi connectivity index (χ2v) is 4.37. The van der Waals surface area contributed by atoms with E-state index in [2.05, 4.69) is 30.5 Å². The average Bonchev–Trinajstić information content (AvgIpc) is 2.64. The van der Waals surface area contributed by atoms with Crippen LogP contribution in [0.25, 0.3) is 0 Å². The molecule has 92 valence electrons. The molecule has 1 rings (SSSR count). The molecule has 0 unspecified atom stereocenters. The summed E-state index contributed by atoms with van der Waals surface area (Å²) < 4.78 is 1.91. The van der Waals surface area contributed by atoms with Gasteiger partial charge < -0.3 is 5.32 Å². The molecule has 0 aromatic carbocycles. The van der Waals surface area contributed by atoms with Crippen LogP contribution < -0.4 is 5.32 Å². The molecule has 0 fully saturated rings. The van der Waals surface area contributed by atoms with E-state index in [1.807, 2.05) is 11.7 Å². The van der Waals surface area contributed by atoms with E-state index in [1.54, 1.807) is 0 Å². The van der Waals surface area contributed by atoms with Crippen molar-refractivity contribution in [3.63, 3.8) is 0 Å². The summed E-state index contributed by atoms with van der Waals surface area (Å²) in [6, 6.07) is 0. The standard InChI is InChI=1S/C13H25N3/c1-4-6-7-8-9-14-10-12-11-16(3)15-13(12)5-2/h11,14H,4-10H2,1-3H3. The van der Waals surface area contributed by atoms with Gasteiger partial charge >= 0.3 is 0 Å². The SMILES string of the molecule is CCCCCCNCc1cn(C)nc1CC. The molecule has 16 heavy (non-hydrogen) atoms. The minimum absolute atomic E-state index is 0.961. The first kappa shape index (κ1) is 13.2. The van der Waals surface area contributed by atoms with Crippen molar-refractivity contribution in [1.82, 2.24) is 15.1 Å². The molecule has 1 aromatic heterocycles. The number of nitrogens with one attached hydrogen (secondary N) is 1. The van der Waals surface area contributed by atoms with Gasteiger partial charge in [0.05, 0.1) is 5.69 Å². The molecule has 0 aliphatic carbocycles. The zero-order valence-electron chi connectivity index (χ0n) is 10.9. The van der Waals surface area contributed by atoms with Gasteiger partial charge in [-0.3, -0.25) is 4.68 Å². The first-order chi connectivity index (χ1) is 7.77. The van der Waals surface area contributed by atoms with E-state index < -0.39 is 0 Å². The second kappa shape index (κ2) is 7.44. The third kappa shape index (κ3) is 4.35. The highest BCUT2D eigenvalue weighted by molar-refractivity contribution is 5.16. The highest BCUT2D eigenvalue weighted by atomic mass is 15.3. The number of unbranched alkanes of at least 4 members (excludes halogenated alkanes) is 3. The molecule has 0 aliphatic heterocycles. The molecular formula is C13H25N3. The lowest BCUT2D eigenvalue weighted by Crippen LogP contribution is -2.15. The Morgan fingerprint density at radius 1 is 1.25 bits per heavy atom. The Balaban J connectivity index is 2.21. The largest absolute Gasteiger partial charge is 0.313 e. The van der Waals surface area contributed by atoms with Crippen LogP contribution in [0.5, 0.6) is 0 Å². The minimum Gasteiger partial charge on any atom is -0.313 e. The summed E-state index contributed by atoms with van der Waals surface area (Å²) in [6.07, 6.45) is 8.44. The van der Waals surface area contributed by atoms with E-state index in [4.69, 9.17) is 0 Å². The molecule has 0 saturated heterocycles. The van der Waals surface area contributed by atoms with Crippen molar-refractivity contribution in [2.45, 2.75) is 52.5 Å². The molecule has 3 nitrogen and oxygen atoms in total. The normalized spacial score (nSPS) is 10.9. The maximum Gasteiger partial charge on any atom is 0.0666 e. The van der Waals surface area contributed by atoms with Crippen molar-refractivity contribution in [2.24, 2.45) is 7.05 Å². The third-order valence-corrected chi connectivity index (χ3v) is 2.85. The van der Waals surface area contributed by atoms with Gasteiger partial charge in [-0.2, -0.15) is 5.10 Å². The Labute approximate surface area is 99.2 Å². The topological polar surface area (TPSA) is 29.9 Å². The van der Waals surface area contributed by atoms with E-state index in [-0.39, 0.29) is 0 Å². The summed E-state index contributed by atoms with van der Waals surface area (Å²) in [5.74, 6) is 0. The smallest absolute Gasteiger partial charge is 0.0666 e. The summed E-state index contributed by atoms with van der Waals surface area (Å²) in [6.45, 7) is 6.49. The van der Waals surface area contributed by atoms with Crippen molar-refractivity contribution in [3.05, 3.63) is 17.5 Å². The summed E-state index contributed by atoms with van der Waals surface area (Å²) >= 11 is 0. The lowest BCUT2D eigenvalue weighted by molar-refractivity contribution is 0.596. The van der Waals surface area contributed by atoms with Crippen LogP contribution >= 0.6 is 0 Å². The molecule has 0 bridgehead atoms. The predicted molar refractivity (Wildman–Crippen MR) is 68.4 cm³/mol. The van der Waals surface area contributed by atoms with Crippen LogP contribution in [0.4, 0.5) is 0 Å². The molecule has 0 spiro atoms. The van der Waals surface area contributed by atoms with E-state index in [1.165, 1.54) is 36.9 Å². The molecule has 1 N–H and O–H groups in total. The first-order valence-corrected chi connectivity index (χ1v) is 6.50. The fraction of sp³-hybridized carbons (Fsp3) is 0.769. The summed E-state index contributed by atoms with van der Waals surface area (Å²) in [4.78, 5) is 0. The first-order valence-electron chi connectivity index (χ1n) is 6.50. The average molecular weight is 223 g/mol. The summed E-state index contributed by atoms with van der Waals surface area (Å²) in [5.41, 5.74) is 2.57. The lowest BCUT2D eigenvalue weighted by Gasteiger charge is -2.03. The van der Waals surface area contributed by atoms with Crippen LogP contribution in [-0.4, -0.2) is 16.3 Å². The van der Waals surface area contributed by atoms with Gasteiger partial charge in [-0.1, -0.05) is 33.1 Å². The molecule has 1 heterocycles. The quantitative estimate of drug-likeness (QED) is 0.687. The molecule has 0 radical (unpaired) electrons. The minimum atomic E-state index is 0.961. The maximum atomic E-state index is 4.43. The Morgan fingerprint density at radius 3 is 2.75 bits per heavy atom. The number of aryl methyl sites for hydroxylation is 2. The van der Waals surface area contributed by atoms with Crippen LogP contribution in [0.15, 0.2) is 6.20 Å². The summed E-state index contributed by atoms with van der Waals surface area (Å²) in [7, 11) is 1.99. The molecule has 0 saturated carbocycles. The fourth-order valence-electron chi connectivity index (χ4n) is 1.93. The van der Waals surface area contributed by atoms with Gasteiger partial charge in [0.1, 0.15) is 0 Å². The van der Waals surface area contributed by atoms with Gasteiger partial charge in [0, 0.05) is 25.4 Å². The van der Waals surface area contributed by atoms with Crippen molar-refractivity contribution < 1.29 is 0 Å². The van der Waals surface area contributed by atoms with Crippen molar-refractivity contribution in [2.75, 3.05) is 6.54 Å². The van der Waals surface area contributed by atoms with Gasteiger partial charge in [-0.25, -0.2) is 0 Å². The monoisotopic (exact) mass is 223 g/mol. The number of aromatic nitrogens is 2. The van der Waals surface area contributed by atoms with Crippen LogP contribution in [0.1, 0.15) is 50.8 Å². The Hall–Kier alpha value is -0.830. The maximum absolute atomic E-state index is 4.43. The Kier molecular flexibility index (Phi) is 6.16. The zero-order chi connectivity index (χ0) is 11.8. The Morgan fingerprint density at radius 2 is 2.06 bits per heavy atom. The third-order valence-electron chi connectivity index (χ3n) is 2.85. The summed E-state index contributed by atoms with van der Waals surface area (Å²) in [5, 5.41) is 7.93. The van der Waals surface area contributed by atoms with Crippen LogP contribution in [-0.2, 0) is 20.0 Å². The molecule has 1 aromatic rings. The number of rotatable bonds is 8.